The van der Waals surface area contributed by atoms with Crippen molar-refractivity contribution < 1.29 is 8.96 Å². The van der Waals surface area contributed by atoms with Crippen LogP contribution in [0.3, 0.4) is 0 Å². The smallest absolute Gasteiger partial charge is 0.319 e. The Morgan fingerprint density at radius 1 is 1.03 bits per heavy atom. The summed E-state index contributed by atoms with van der Waals surface area (Å²) in [4.78, 5) is 13.7. The molecule has 7 nitrogen and oxygen atoms in total. The van der Waals surface area contributed by atoms with E-state index < -0.39 is 7.14 Å². The molecule has 36 heavy (non-hydrogen) atoms. The van der Waals surface area contributed by atoms with E-state index in [4.69, 9.17) is 16.9 Å². The Kier molecular flexibility index (Phi) is 6.10. The summed E-state index contributed by atoms with van der Waals surface area (Å²) in [5.74, 6) is 0.327. The maximum Gasteiger partial charge on any atom is 0.338 e. The molecule has 2 aromatic carbocycles. The number of aromatic nitrogens is 4. The van der Waals surface area contributed by atoms with Crippen LogP contribution in [0.5, 0.6) is 0 Å². The average Bonchev–Trinajstić information content (AvgIpc) is 3.39. The van der Waals surface area contributed by atoms with Gasteiger partial charge < -0.3 is 4.57 Å². The summed E-state index contributed by atoms with van der Waals surface area (Å²) in [7, 11) is -2.40. The van der Waals surface area contributed by atoms with Crippen LogP contribution in [0.1, 0.15) is 35.3 Å². The lowest BCUT2D eigenvalue weighted by Crippen LogP contribution is -2.29. The zero-order chi connectivity index (χ0) is 25.9. The number of rotatable bonds is 4. The zero-order valence-electron chi connectivity index (χ0n) is 20.9. The van der Waals surface area contributed by atoms with Gasteiger partial charge in [0.15, 0.2) is 0 Å². The first kappa shape index (κ1) is 24.8. The Labute approximate surface area is 214 Å². The lowest BCUT2D eigenvalue weighted by molar-refractivity contribution is 0.347. The summed E-state index contributed by atoms with van der Waals surface area (Å²) in [6.45, 7) is 9.49. The second-order valence-corrected chi connectivity index (χ2v) is 13.4. The number of benzene rings is 2. The molecule has 1 atom stereocenters. The second kappa shape index (κ2) is 8.87. The fraction of sp³-hybridized carbons (Fsp3) is 0.308. The third kappa shape index (κ3) is 4.07. The molecule has 1 aliphatic rings. The van der Waals surface area contributed by atoms with E-state index in [-0.39, 0.29) is 17.5 Å². The highest BCUT2D eigenvalue weighted by molar-refractivity contribution is 7.70. The van der Waals surface area contributed by atoms with Gasteiger partial charge >= 0.3 is 5.69 Å². The van der Waals surface area contributed by atoms with Crippen molar-refractivity contribution >= 4 is 24.2 Å². The average molecular weight is 528 g/mol. The predicted octanol–water partition coefficient (Wildman–Crippen LogP) is 4.89. The van der Waals surface area contributed by atoms with Gasteiger partial charge in [-0.2, -0.15) is 5.10 Å². The molecule has 0 unspecified atom stereocenters. The fourth-order valence-electron chi connectivity index (χ4n) is 4.79. The van der Waals surface area contributed by atoms with E-state index in [1.807, 2.05) is 6.92 Å². The van der Waals surface area contributed by atoms with Gasteiger partial charge in [-0.3, -0.25) is 9.13 Å². The number of halogens is 2. The largest absolute Gasteiger partial charge is 0.338 e. The Morgan fingerprint density at radius 2 is 1.64 bits per heavy atom. The first-order valence-corrected chi connectivity index (χ1v) is 14.7. The third-order valence-electron chi connectivity index (χ3n) is 6.79. The van der Waals surface area contributed by atoms with Gasteiger partial charge in [-0.15, -0.1) is 0 Å². The van der Waals surface area contributed by atoms with Crippen molar-refractivity contribution in [3.63, 3.8) is 0 Å². The maximum atomic E-state index is 14.4. The van der Waals surface area contributed by atoms with Crippen molar-refractivity contribution in [3.8, 4) is 17.2 Å². The van der Waals surface area contributed by atoms with Crippen molar-refractivity contribution in [2.24, 2.45) is 0 Å². The van der Waals surface area contributed by atoms with Gasteiger partial charge in [0.2, 0.25) is 0 Å². The molecule has 0 N–H and O–H groups in total. The molecule has 0 spiro atoms. The highest BCUT2D eigenvalue weighted by atomic mass is 35.5. The quantitative estimate of drug-likeness (QED) is 0.280. The number of hydrogen-bond donors (Lipinski definition) is 0. The minimum Gasteiger partial charge on any atom is -0.319 e. The van der Waals surface area contributed by atoms with Crippen LogP contribution in [-0.4, -0.2) is 43.2 Å². The molecule has 0 saturated carbocycles. The molecule has 5 rings (SSSR count). The summed E-state index contributed by atoms with van der Waals surface area (Å²) < 4.78 is 33.4. The van der Waals surface area contributed by atoms with Crippen LogP contribution < -0.4 is 11.0 Å². The molecule has 3 heterocycles. The summed E-state index contributed by atoms with van der Waals surface area (Å²) in [5.41, 5.74) is 3.79. The van der Waals surface area contributed by atoms with E-state index in [1.165, 1.54) is 4.57 Å². The number of fused-ring (bicyclic) bond motifs is 1. The number of nitrogens with zero attached hydrogens (tertiary/aromatic N) is 5. The lowest BCUT2D eigenvalue weighted by atomic mass is 10.0. The standard InChI is InChI=1S/C26H28ClFN5O2P/c1-16-14-20(15-17(2)24(16)28)33-25(23-18(3)32(27)11-10-22(23)29-33)31-13-12-30(26(31)34)19-6-8-21(9-7-19)36(4,5)35/h6-9,12-15,18H,10-11H2,1-5H3/t18-/m0/s1. The van der Waals surface area contributed by atoms with E-state index in [2.05, 4.69) is 0 Å². The molecule has 188 valence electrons. The second-order valence-electron chi connectivity index (χ2n) is 9.73. The van der Waals surface area contributed by atoms with Gasteiger partial charge in [0, 0.05) is 36.2 Å². The first-order chi connectivity index (χ1) is 17.0. The van der Waals surface area contributed by atoms with Crippen LogP contribution in [0.4, 0.5) is 4.39 Å². The molecular formula is C26H28ClFN5O2P. The van der Waals surface area contributed by atoms with Gasteiger partial charge in [0.25, 0.3) is 0 Å². The normalized spacial score (nSPS) is 16.4. The molecule has 2 aromatic heterocycles. The van der Waals surface area contributed by atoms with E-state index in [0.717, 1.165) is 16.6 Å². The molecule has 4 aromatic rings. The molecule has 0 aliphatic carbocycles. The van der Waals surface area contributed by atoms with E-state index in [1.54, 1.807) is 89.6 Å². The Hall–Kier alpha value is -2.93. The van der Waals surface area contributed by atoms with Crippen LogP contribution in [0.25, 0.3) is 17.2 Å². The minimum atomic E-state index is -2.40. The zero-order valence-corrected chi connectivity index (χ0v) is 22.5. The van der Waals surface area contributed by atoms with Crippen molar-refractivity contribution in [3.05, 3.63) is 87.5 Å². The molecule has 0 bridgehead atoms. The summed E-state index contributed by atoms with van der Waals surface area (Å²) in [5, 5.41) is 5.62. The topological polar surface area (TPSA) is 65.1 Å². The lowest BCUT2D eigenvalue weighted by Gasteiger charge is -2.27. The SMILES string of the molecule is Cc1cc(-n2nc3c(c2-n2ccn(-c4ccc(P(C)(C)=O)cc4)c2=O)[C@H](C)N(Cl)CC3)cc(C)c1F. The van der Waals surface area contributed by atoms with Crippen molar-refractivity contribution in [1.82, 2.24) is 23.3 Å². The molecule has 0 fully saturated rings. The molecule has 0 saturated heterocycles. The van der Waals surface area contributed by atoms with Crippen LogP contribution in [0.15, 0.2) is 53.6 Å². The fourth-order valence-corrected chi connectivity index (χ4v) is 5.84. The van der Waals surface area contributed by atoms with Crippen LogP contribution in [-0.2, 0) is 11.0 Å². The molecule has 1 aliphatic heterocycles. The van der Waals surface area contributed by atoms with E-state index in [9.17, 15) is 13.8 Å². The Balaban J connectivity index is 1.71. The molecular weight excluding hydrogens is 500 g/mol. The van der Waals surface area contributed by atoms with Crippen molar-refractivity contribution in [2.75, 3.05) is 19.9 Å². The summed E-state index contributed by atoms with van der Waals surface area (Å²) in [6, 6.07) is 10.5. The van der Waals surface area contributed by atoms with Gasteiger partial charge in [0.1, 0.15) is 18.8 Å². The highest BCUT2D eigenvalue weighted by Gasteiger charge is 2.32. The van der Waals surface area contributed by atoms with Crippen LogP contribution in [0.2, 0.25) is 0 Å². The van der Waals surface area contributed by atoms with Crippen LogP contribution in [0, 0.1) is 19.7 Å². The van der Waals surface area contributed by atoms with Crippen LogP contribution >= 0.6 is 18.9 Å². The number of hydrogen-bond acceptors (Lipinski definition) is 4. The molecule has 0 radical (unpaired) electrons. The highest BCUT2D eigenvalue weighted by Crippen LogP contribution is 2.37. The van der Waals surface area contributed by atoms with Crippen molar-refractivity contribution in [2.45, 2.75) is 33.2 Å². The number of aryl methyl sites for hydroxylation is 2. The van der Waals surface area contributed by atoms with E-state index >= 15 is 0 Å². The summed E-state index contributed by atoms with van der Waals surface area (Å²) in [6.07, 6.45) is 4.04. The van der Waals surface area contributed by atoms with Gasteiger partial charge in [0.05, 0.1) is 23.1 Å². The van der Waals surface area contributed by atoms with Gasteiger partial charge in [-0.25, -0.2) is 18.3 Å². The Bertz CT molecular complexity index is 1560. The maximum absolute atomic E-state index is 14.4. The van der Waals surface area contributed by atoms with Gasteiger partial charge in [-0.1, -0.05) is 0 Å². The molecule has 10 heteroatoms. The number of imidazole rings is 1. The molecule has 0 amide bonds. The van der Waals surface area contributed by atoms with Crippen molar-refractivity contribution in [1.29, 1.82) is 0 Å². The first-order valence-electron chi connectivity index (χ1n) is 11.7. The summed E-state index contributed by atoms with van der Waals surface area (Å²) >= 11 is 6.50. The minimum absolute atomic E-state index is 0.181. The van der Waals surface area contributed by atoms with Gasteiger partial charge in [-0.05, 0) is 93.4 Å². The third-order valence-corrected chi connectivity index (χ3v) is 8.80. The Morgan fingerprint density at radius 3 is 2.25 bits per heavy atom. The monoisotopic (exact) mass is 527 g/mol. The van der Waals surface area contributed by atoms with E-state index in [0.29, 0.717) is 41.3 Å². The predicted molar refractivity (Wildman–Crippen MR) is 142 cm³/mol.